The maximum absolute atomic E-state index is 6.41. The molecule has 2 aromatic rings. The van der Waals surface area contributed by atoms with Crippen molar-refractivity contribution in [2.75, 3.05) is 0 Å². The van der Waals surface area contributed by atoms with Gasteiger partial charge in [0.2, 0.25) is 0 Å². The molecule has 0 radical (unpaired) electrons. The summed E-state index contributed by atoms with van der Waals surface area (Å²) in [6.07, 6.45) is 3.25. The fraction of sp³-hybridized carbons (Fsp3) is 0.429. The number of benzene rings is 2. The lowest BCUT2D eigenvalue weighted by Gasteiger charge is -2.17. The Morgan fingerprint density at radius 1 is 1.00 bits per heavy atom. The van der Waals surface area contributed by atoms with Gasteiger partial charge in [-0.1, -0.05) is 63.1 Å². The number of aryl methyl sites for hydroxylation is 2. The second kappa shape index (κ2) is 7.33. The highest BCUT2D eigenvalue weighted by Gasteiger charge is 2.11. The summed E-state index contributed by atoms with van der Waals surface area (Å²) in [6.45, 7) is 11.2. The first-order valence-electron chi connectivity index (χ1n) is 8.29. The third-order valence-electron chi connectivity index (χ3n) is 4.36. The summed E-state index contributed by atoms with van der Waals surface area (Å²) < 4.78 is 0. The van der Waals surface area contributed by atoms with E-state index in [0.29, 0.717) is 5.92 Å². The van der Waals surface area contributed by atoms with Gasteiger partial charge in [-0.2, -0.15) is 0 Å². The molecule has 0 aromatic heterocycles. The molecular weight excluding hydrogens is 288 g/mol. The molecule has 0 saturated carbocycles. The molecule has 0 nitrogen and oxygen atoms in total. The second-order valence-corrected chi connectivity index (χ2v) is 7.05. The van der Waals surface area contributed by atoms with Gasteiger partial charge in [-0.05, 0) is 72.1 Å². The van der Waals surface area contributed by atoms with Gasteiger partial charge in [0.1, 0.15) is 0 Å². The molecule has 0 aliphatic rings. The van der Waals surface area contributed by atoms with Crippen molar-refractivity contribution in [1.82, 2.24) is 0 Å². The van der Waals surface area contributed by atoms with Crippen molar-refractivity contribution in [3.8, 4) is 0 Å². The highest BCUT2D eigenvalue weighted by Crippen LogP contribution is 2.28. The zero-order valence-electron chi connectivity index (χ0n) is 14.5. The van der Waals surface area contributed by atoms with Gasteiger partial charge in [-0.3, -0.25) is 0 Å². The summed E-state index contributed by atoms with van der Waals surface area (Å²) in [4.78, 5) is 0. The fourth-order valence-electron chi connectivity index (χ4n) is 3.11. The Balaban J connectivity index is 2.41. The summed E-state index contributed by atoms with van der Waals surface area (Å²) in [6, 6.07) is 11.1. The molecule has 118 valence electrons. The second-order valence-electron chi connectivity index (χ2n) is 6.65. The minimum Gasteiger partial charge on any atom is -0.0840 e. The van der Waals surface area contributed by atoms with Crippen LogP contribution in [-0.4, -0.2) is 0 Å². The standard InChI is InChI=1S/C21H27Cl/c1-6-7-18-11-17(13-20(14(2)3)16(18)5)12-19-9-8-15(4)10-21(19)22/h8-11,13-14H,6-7,12H2,1-5H3. The Morgan fingerprint density at radius 2 is 1.73 bits per heavy atom. The Kier molecular flexibility index (Phi) is 5.69. The Hall–Kier alpha value is -1.27. The lowest BCUT2D eigenvalue weighted by molar-refractivity contribution is 0.834. The predicted octanol–water partition coefficient (Wildman–Crippen LogP) is 6.62. The van der Waals surface area contributed by atoms with Gasteiger partial charge in [-0.25, -0.2) is 0 Å². The highest BCUT2D eigenvalue weighted by molar-refractivity contribution is 6.31. The maximum atomic E-state index is 6.41. The molecule has 0 saturated heterocycles. The molecule has 0 unspecified atom stereocenters. The first kappa shape index (κ1) is 17.1. The van der Waals surface area contributed by atoms with Crippen LogP contribution in [0.2, 0.25) is 5.02 Å². The Morgan fingerprint density at radius 3 is 2.32 bits per heavy atom. The number of hydrogen-bond acceptors (Lipinski definition) is 0. The van der Waals surface area contributed by atoms with Gasteiger partial charge in [0.05, 0.1) is 0 Å². The van der Waals surface area contributed by atoms with E-state index in [1.54, 1.807) is 0 Å². The minimum absolute atomic E-state index is 0.559. The van der Waals surface area contributed by atoms with Crippen LogP contribution in [0.3, 0.4) is 0 Å². The van der Waals surface area contributed by atoms with Crippen molar-refractivity contribution < 1.29 is 0 Å². The normalized spacial score (nSPS) is 11.2. The molecule has 0 N–H and O–H groups in total. The zero-order chi connectivity index (χ0) is 16.3. The lowest BCUT2D eigenvalue weighted by atomic mass is 9.88. The molecule has 0 fully saturated rings. The van der Waals surface area contributed by atoms with Gasteiger partial charge in [0.25, 0.3) is 0 Å². The van der Waals surface area contributed by atoms with E-state index in [1.807, 2.05) is 0 Å². The van der Waals surface area contributed by atoms with E-state index in [1.165, 1.54) is 39.8 Å². The van der Waals surface area contributed by atoms with E-state index in [-0.39, 0.29) is 0 Å². The lowest BCUT2D eigenvalue weighted by Crippen LogP contribution is -2.01. The van der Waals surface area contributed by atoms with E-state index in [2.05, 4.69) is 65.0 Å². The van der Waals surface area contributed by atoms with Gasteiger partial charge >= 0.3 is 0 Å². The van der Waals surface area contributed by atoms with Gasteiger partial charge in [0.15, 0.2) is 0 Å². The van der Waals surface area contributed by atoms with Crippen LogP contribution >= 0.6 is 11.6 Å². The molecule has 0 heterocycles. The molecule has 0 aliphatic carbocycles. The molecule has 0 aliphatic heterocycles. The first-order chi connectivity index (χ1) is 10.4. The topological polar surface area (TPSA) is 0 Å². The first-order valence-corrected chi connectivity index (χ1v) is 8.67. The van der Waals surface area contributed by atoms with Gasteiger partial charge in [-0.15, -0.1) is 0 Å². The van der Waals surface area contributed by atoms with E-state index in [0.717, 1.165) is 17.9 Å². The summed E-state index contributed by atoms with van der Waals surface area (Å²) in [5.41, 5.74) is 8.25. The van der Waals surface area contributed by atoms with E-state index in [9.17, 15) is 0 Å². The molecule has 0 amide bonds. The molecule has 2 aromatic carbocycles. The van der Waals surface area contributed by atoms with Crippen LogP contribution in [0.5, 0.6) is 0 Å². The smallest absolute Gasteiger partial charge is 0.0444 e. The Bertz CT molecular complexity index is 653. The van der Waals surface area contributed by atoms with Crippen molar-refractivity contribution in [2.24, 2.45) is 0 Å². The molecule has 0 spiro atoms. The van der Waals surface area contributed by atoms with Crippen LogP contribution in [0.4, 0.5) is 0 Å². The van der Waals surface area contributed by atoms with Crippen molar-refractivity contribution in [3.05, 3.63) is 68.7 Å². The van der Waals surface area contributed by atoms with Crippen molar-refractivity contribution in [3.63, 3.8) is 0 Å². The number of rotatable bonds is 5. The molecule has 0 atom stereocenters. The third kappa shape index (κ3) is 3.93. The predicted molar refractivity (Wildman–Crippen MR) is 98.3 cm³/mol. The average molecular weight is 315 g/mol. The minimum atomic E-state index is 0.559. The summed E-state index contributed by atoms with van der Waals surface area (Å²) >= 11 is 6.41. The SMILES string of the molecule is CCCc1cc(Cc2ccc(C)cc2Cl)cc(C(C)C)c1C. The average Bonchev–Trinajstić information content (AvgIpc) is 2.45. The van der Waals surface area contributed by atoms with Crippen molar-refractivity contribution in [2.45, 2.75) is 59.8 Å². The third-order valence-corrected chi connectivity index (χ3v) is 4.71. The maximum Gasteiger partial charge on any atom is 0.0444 e. The van der Waals surface area contributed by atoms with Crippen molar-refractivity contribution in [1.29, 1.82) is 0 Å². The van der Waals surface area contributed by atoms with Crippen LogP contribution < -0.4 is 0 Å². The zero-order valence-corrected chi connectivity index (χ0v) is 15.2. The van der Waals surface area contributed by atoms with Crippen LogP contribution in [0, 0.1) is 13.8 Å². The Labute approximate surface area is 140 Å². The van der Waals surface area contributed by atoms with Crippen LogP contribution in [-0.2, 0) is 12.8 Å². The molecule has 1 heteroatoms. The number of hydrogen-bond donors (Lipinski definition) is 0. The van der Waals surface area contributed by atoms with E-state index >= 15 is 0 Å². The van der Waals surface area contributed by atoms with Crippen LogP contribution in [0.1, 0.15) is 66.5 Å². The summed E-state index contributed by atoms with van der Waals surface area (Å²) in [5, 5.41) is 0.878. The highest BCUT2D eigenvalue weighted by atomic mass is 35.5. The monoisotopic (exact) mass is 314 g/mol. The largest absolute Gasteiger partial charge is 0.0840 e. The van der Waals surface area contributed by atoms with Crippen LogP contribution in [0.25, 0.3) is 0 Å². The molecule has 22 heavy (non-hydrogen) atoms. The van der Waals surface area contributed by atoms with Crippen LogP contribution in [0.15, 0.2) is 30.3 Å². The van der Waals surface area contributed by atoms with Gasteiger partial charge < -0.3 is 0 Å². The van der Waals surface area contributed by atoms with E-state index < -0.39 is 0 Å². The number of halogens is 1. The molecule has 2 rings (SSSR count). The van der Waals surface area contributed by atoms with E-state index in [4.69, 9.17) is 11.6 Å². The summed E-state index contributed by atoms with van der Waals surface area (Å²) in [7, 11) is 0. The molecular formula is C21H27Cl. The van der Waals surface area contributed by atoms with Gasteiger partial charge in [0, 0.05) is 5.02 Å². The molecule has 0 bridgehead atoms. The summed E-state index contributed by atoms with van der Waals surface area (Å²) in [5.74, 6) is 0.559. The fourth-order valence-corrected chi connectivity index (χ4v) is 3.42. The van der Waals surface area contributed by atoms with Crippen molar-refractivity contribution >= 4 is 11.6 Å². The quantitative estimate of drug-likeness (QED) is 0.581.